The lowest BCUT2D eigenvalue weighted by atomic mass is 10.3. The van der Waals surface area contributed by atoms with E-state index in [-0.39, 0.29) is 0 Å². The molecule has 0 aromatic heterocycles. The summed E-state index contributed by atoms with van der Waals surface area (Å²) in [5, 5.41) is 7.39. The van der Waals surface area contributed by atoms with E-state index in [9.17, 15) is 43.9 Å². The molecule has 2 nitrogen and oxygen atoms in total. The average Bonchev–Trinajstić information content (AvgIpc) is 2.33. The summed E-state index contributed by atoms with van der Waals surface area (Å²) in [4.78, 5) is 0. The van der Waals surface area contributed by atoms with Crippen LogP contribution in [0.2, 0.25) is 0 Å². The third-order valence-electron chi connectivity index (χ3n) is 2.16. The zero-order chi connectivity index (χ0) is 18.4. The minimum absolute atomic E-state index is 0.437. The summed E-state index contributed by atoms with van der Waals surface area (Å²) in [6.07, 6.45) is -17.4. The number of alkyl halides is 10. The number of hydrogen-bond donors (Lipinski definition) is 1. The fourth-order valence-electron chi connectivity index (χ4n) is 0.701. The molecule has 0 aliphatic heterocycles. The smallest absolute Gasteiger partial charge is 0.363 e. The van der Waals surface area contributed by atoms with Gasteiger partial charge in [0.25, 0.3) is 0 Å². The van der Waals surface area contributed by atoms with Crippen molar-refractivity contribution < 1.29 is 53.7 Å². The number of rotatable bonds is 5. The van der Waals surface area contributed by atoms with Gasteiger partial charge in [-0.05, 0) is 13.3 Å². The van der Waals surface area contributed by atoms with Crippen molar-refractivity contribution in [3.05, 3.63) is 0 Å². The zero-order valence-electron chi connectivity index (χ0n) is 11.3. The van der Waals surface area contributed by atoms with E-state index >= 15 is 0 Å². The molecule has 0 radical (unpaired) electrons. The Morgan fingerprint density at radius 3 is 1.55 bits per heavy atom. The van der Waals surface area contributed by atoms with Crippen LogP contribution >= 0.6 is 0 Å². The maximum atomic E-state index is 11.9. The van der Waals surface area contributed by atoms with Crippen molar-refractivity contribution in [3.63, 3.8) is 0 Å². The van der Waals surface area contributed by atoms with Crippen LogP contribution in [0.5, 0.6) is 0 Å². The number of ether oxygens (including phenoxy) is 1. The Kier molecular flexibility index (Phi) is 9.34. The molecule has 0 fully saturated rings. The summed E-state index contributed by atoms with van der Waals surface area (Å²) < 4.78 is 118. The minimum Gasteiger partial charge on any atom is -0.363 e. The van der Waals surface area contributed by atoms with E-state index in [4.69, 9.17) is 5.11 Å². The van der Waals surface area contributed by atoms with Gasteiger partial charge in [0.15, 0.2) is 6.10 Å². The maximum absolute atomic E-state index is 11.9. The molecule has 0 saturated carbocycles. The molecule has 0 spiro atoms. The highest BCUT2D eigenvalue weighted by molar-refractivity contribution is 4.76. The average molecular weight is 356 g/mol. The molecule has 0 rings (SSSR count). The Bertz CT molecular complexity index is 299. The Balaban J connectivity index is 0. The Morgan fingerprint density at radius 2 is 1.41 bits per heavy atom. The van der Waals surface area contributed by atoms with Crippen LogP contribution in [0.25, 0.3) is 0 Å². The number of halogens is 10. The molecular weight excluding hydrogens is 342 g/mol. The lowest BCUT2D eigenvalue weighted by Crippen LogP contribution is -2.47. The normalized spacial score (nSPS) is 18.3. The third kappa shape index (κ3) is 8.01. The first-order valence-corrected chi connectivity index (χ1v) is 5.65. The van der Waals surface area contributed by atoms with Crippen LogP contribution in [-0.4, -0.2) is 48.6 Å². The SMILES string of the molecule is CCC(C)OC(CF)C(F)(F)F.OC(F)(C(F)F)C(F)(F)F. The van der Waals surface area contributed by atoms with Gasteiger partial charge in [0.1, 0.15) is 6.67 Å². The summed E-state index contributed by atoms with van der Waals surface area (Å²) in [5.41, 5.74) is 0. The molecule has 0 amide bonds. The number of aliphatic hydroxyl groups is 1. The van der Waals surface area contributed by atoms with Gasteiger partial charge < -0.3 is 9.84 Å². The largest absolute Gasteiger partial charge is 0.454 e. The monoisotopic (exact) mass is 356 g/mol. The molecule has 1 N–H and O–H groups in total. The summed E-state index contributed by atoms with van der Waals surface area (Å²) >= 11 is 0. The Labute approximate surface area is 119 Å². The van der Waals surface area contributed by atoms with Crippen molar-refractivity contribution in [1.29, 1.82) is 0 Å². The van der Waals surface area contributed by atoms with Gasteiger partial charge in [-0.15, -0.1) is 0 Å². The second-order valence-electron chi connectivity index (χ2n) is 4.01. The van der Waals surface area contributed by atoms with Gasteiger partial charge in [-0.1, -0.05) is 6.92 Å². The van der Waals surface area contributed by atoms with Crippen LogP contribution in [0, 0.1) is 0 Å². The molecule has 0 bridgehead atoms. The first-order chi connectivity index (χ1) is 9.61. The predicted octanol–water partition coefficient (Wildman–Crippen LogP) is 4.17. The van der Waals surface area contributed by atoms with E-state index < -0.39 is 43.5 Å². The van der Waals surface area contributed by atoms with Crippen LogP contribution in [-0.2, 0) is 4.74 Å². The molecule has 0 saturated heterocycles. The molecule has 0 aliphatic carbocycles. The highest BCUT2D eigenvalue weighted by Gasteiger charge is 2.62. The Hall–Kier alpha value is -0.780. The summed E-state index contributed by atoms with van der Waals surface area (Å²) in [7, 11) is 0. The molecular formula is C10H14F10O2. The van der Waals surface area contributed by atoms with Gasteiger partial charge in [0, 0.05) is 0 Å². The zero-order valence-corrected chi connectivity index (χ0v) is 11.3. The molecule has 22 heavy (non-hydrogen) atoms. The van der Waals surface area contributed by atoms with E-state index in [0.717, 1.165) is 0 Å². The quantitative estimate of drug-likeness (QED) is 0.749. The van der Waals surface area contributed by atoms with Crippen LogP contribution in [0.3, 0.4) is 0 Å². The number of hydrogen-bond acceptors (Lipinski definition) is 2. The summed E-state index contributed by atoms with van der Waals surface area (Å²) in [6, 6.07) is 0. The van der Waals surface area contributed by atoms with Gasteiger partial charge >= 0.3 is 24.6 Å². The second-order valence-corrected chi connectivity index (χ2v) is 4.01. The lowest BCUT2D eigenvalue weighted by molar-refractivity contribution is -0.352. The molecule has 3 unspecified atom stereocenters. The van der Waals surface area contributed by atoms with Crippen LogP contribution in [0.15, 0.2) is 0 Å². The molecule has 0 aromatic carbocycles. The van der Waals surface area contributed by atoms with Crippen molar-refractivity contribution >= 4 is 0 Å². The van der Waals surface area contributed by atoms with E-state index in [2.05, 4.69) is 4.74 Å². The van der Waals surface area contributed by atoms with Crippen molar-refractivity contribution in [2.24, 2.45) is 0 Å². The fraction of sp³-hybridized carbons (Fsp3) is 1.00. The van der Waals surface area contributed by atoms with Crippen LogP contribution in [0.4, 0.5) is 43.9 Å². The minimum atomic E-state index is -5.94. The second kappa shape index (κ2) is 8.75. The molecule has 0 aromatic rings. The standard InChI is InChI=1S/C7H12F4O.C3H2F6O/c1-3-5(2)12-6(4-8)7(9,10)11;4-1(5)2(6,10)3(7,8)9/h5-6H,3-4H2,1-2H3;1,10H. The molecule has 136 valence electrons. The topological polar surface area (TPSA) is 29.5 Å². The molecule has 0 heterocycles. The van der Waals surface area contributed by atoms with Gasteiger partial charge in [0.2, 0.25) is 0 Å². The van der Waals surface area contributed by atoms with Crippen LogP contribution in [0.1, 0.15) is 20.3 Å². The molecule has 12 heteroatoms. The van der Waals surface area contributed by atoms with Crippen LogP contribution < -0.4 is 0 Å². The van der Waals surface area contributed by atoms with E-state index in [1.165, 1.54) is 6.92 Å². The highest BCUT2D eigenvalue weighted by atomic mass is 19.4. The fourth-order valence-corrected chi connectivity index (χ4v) is 0.701. The van der Waals surface area contributed by atoms with E-state index in [1.807, 2.05) is 0 Å². The van der Waals surface area contributed by atoms with Gasteiger partial charge in [-0.3, -0.25) is 0 Å². The van der Waals surface area contributed by atoms with Crippen molar-refractivity contribution in [1.82, 2.24) is 0 Å². The predicted molar refractivity (Wildman–Crippen MR) is 54.8 cm³/mol. The summed E-state index contributed by atoms with van der Waals surface area (Å²) in [5.74, 6) is -5.40. The lowest BCUT2D eigenvalue weighted by Gasteiger charge is -2.21. The highest BCUT2D eigenvalue weighted by Crippen LogP contribution is 2.36. The molecule has 0 aliphatic rings. The van der Waals surface area contributed by atoms with Crippen molar-refractivity contribution in [3.8, 4) is 0 Å². The van der Waals surface area contributed by atoms with Gasteiger partial charge in [-0.2, -0.15) is 30.7 Å². The van der Waals surface area contributed by atoms with Gasteiger partial charge in [0.05, 0.1) is 6.10 Å². The Morgan fingerprint density at radius 1 is 1.00 bits per heavy atom. The van der Waals surface area contributed by atoms with E-state index in [0.29, 0.717) is 6.42 Å². The van der Waals surface area contributed by atoms with Gasteiger partial charge in [-0.25, -0.2) is 13.2 Å². The first-order valence-electron chi connectivity index (χ1n) is 5.65. The van der Waals surface area contributed by atoms with Crippen molar-refractivity contribution in [2.45, 2.75) is 57.1 Å². The van der Waals surface area contributed by atoms with Crippen molar-refractivity contribution in [2.75, 3.05) is 6.67 Å². The maximum Gasteiger partial charge on any atom is 0.454 e. The summed E-state index contributed by atoms with van der Waals surface area (Å²) in [6.45, 7) is 1.64. The third-order valence-corrected chi connectivity index (χ3v) is 2.16. The first kappa shape index (κ1) is 23.5. The van der Waals surface area contributed by atoms with E-state index in [1.54, 1.807) is 6.92 Å². The molecule has 3 atom stereocenters.